The van der Waals surface area contributed by atoms with E-state index in [0.717, 1.165) is 20.8 Å². The van der Waals surface area contributed by atoms with Gasteiger partial charge in [0.1, 0.15) is 25.4 Å². The average Bonchev–Trinajstić information content (AvgIpc) is 2.67. The smallest absolute Gasteiger partial charge is 0.407 e. The van der Waals surface area contributed by atoms with Gasteiger partial charge in [-0.25, -0.2) is 4.79 Å². The fraction of sp³-hybridized carbons (Fsp3) is 0.706. The maximum atomic E-state index is 12.4. The molecule has 35 heavy (non-hydrogen) atoms. The third kappa shape index (κ3) is 11.6. The molecule has 0 aliphatic carbocycles. The second-order valence-electron chi connectivity index (χ2n) is 6.80. The van der Waals surface area contributed by atoms with Crippen LogP contribution in [0.4, 0.5) is 4.79 Å². The summed E-state index contributed by atoms with van der Waals surface area (Å²) in [7, 11) is 0. The van der Waals surface area contributed by atoms with E-state index in [9.17, 15) is 19.2 Å². The summed E-state index contributed by atoms with van der Waals surface area (Å²) in [5.41, 5.74) is 0. The molecule has 1 aliphatic rings. The summed E-state index contributed by atoms with van der Waals surface area (Å²) < 4.78 is 26.8. The number of halogens is 6. The molecule has 0 bridgehead atoms. The minimum atomic E-state index is -2.36. The molecule has 0 radical (unpaired) electrons. The van der Waals surface area contributed by atoms with Gasteiger partial charge in [0.15, 0.2) is 12.2 Å². The van der Waals surface area contributed by atoms with Crippen LogP contribution in [0, 0.1) is 5.41 Å². The Morgan fingerprint density at radius 1 is 0.857 bits per heavy atom. The molecule has 0 spiro atoms. The molecule has 200 valence electrons. The molecular formula is C17H20Cl6N2O10. The molecule has 1 fully saturated rings. The number of hydrogen-bond donors (Lipinski definition) is 2. The number of nitrogens with one attached hydrogen (secondary N) is 2. The van der Waals surface area contributed by atoms with Crippen molar-refractivity contribution in [3.8, 4) is 0 Å². The van der Waals surface area contributed by atoms with Crippen LogP contribution in [-0.2, 0) is 42.8 Å². The lowest BCUT2D eigenvalue weighted by Crippen LogP contribution is -2.67. The fourth-order valence-electron chi connectivity index (χ4n) is 2.66. The van der Waals surface area contributed by atoms with Gasteiger partial charge in [-0.1, -0.05) is 69.6 Å². The van der Waals surface area contributed by atoms with Crippen molar-refractivity contribution in [2.75, 3.05) is 13.2 Å². The summed E-state index contributed by atoms with van der Waals surface area (Å²) in [6.07, 6.45) is -7.25. The lowest BCUT2D eigenvalue weighted by molar-refractivity contribution is -0.260. The summed E-state index contributed by atoms with van der Waals surface area (Å²) in [5.74, 6) is -3.39. The molecule has 12 nitrogen and oxygen atoms in total. The zero-order valence-corrected chi connectivity index (χ0v) is 22.7. The Kier molecular flexibility index (Phi) is 12.2. The standard InChI is InChI=1S/C17H20Cl6N2O10/c1-6(26)30-4-9-11(32-7(2)27)12(33-8(3)28)10(25-15(29)31-5-16(18,19)20)13(34-9)35-14(24)17(21,22)23/h9-13,24H,4-5H2,1-3H3,(H,25,29)/t9-,10-,11-,12-,13-/m1/s1. The molecule has 0 aromatic rings. The van der Waals surface area contributed by atoms with E-state index in [2.05, 4.69) is 5.32 Å². The molecule has 2 N–H and O–H groups in total. The third-order valence-electron chi connectivity index (χ3n) is 3.84. The predicted molar refractivity (Wildman–Crippen MR) is 124 cm³/mol. The molecule has 0 aromatic carbocycles. The van der Waals surface area contributed by atoms with E-state index < -0.39 is 81.3 Å². The summed E-state index contributed by atoms with van der Waals surface area (Å²) in [6.45, 7) is 1.97. The highest BCUT2D eigenvalue weighted by atomic mass is 35.6. The van der Waals surface area contributed by atoms with Crippen molar-refractivity contribution in [1.82, 2.24) is 5.32 Å². The van der Waals surface area contributed by atoms with E-state index in [4.69, 9.17) is 103 Å². The van der Waals surface area contributed by atoms with E-state index in [1.165, 1.54) is 0 Å². The second-order valence-corrected chi connectivity index (χ2v) is 11.6. The molecular weight excluding hydrogens is 605 g/mol. The van der Waals surface area contributed by atoms with Gasteiger partial charge in [0.05, 0.1) is 0 Å². The molecule has 5 atom stereocenters. The van der Waals surface area contributed by atoms with E-state index in [-0.39, 0.29) is 0 Å². The maximum Gasteiger partial charge on any atom is 0.407 e. The van der Waals surface area contributed by atoms with Gasteiger partial charge in [0, 0.05) is 20.8 Å². The molecule has 1 saturated heterocycles. The number of esters is 3. The predicted octanol–water partition coefficient (Wildman–Crippen LogP) is 2.97. The fourth-order valence-corrected chi connectivity index (χ4v) is 2.96. The number of hydrogen-bond acceptors (Lipinski definition) is 11. The first-order chi connectivity index (χ1) is 15.9. The van der Waals surface area contributed by atoms with Crippen molar-refractivity contribution < 1.29 is 47.6 Å². The highest BCUT2D eigenvalue weighted by molar-refractivity contribution is 6.76. The number of amides is 1. The number of carbonyl (C=O) groups excluding carboxylic acids is 4. The van der Waals surface area contributed by atoms with Crippen molar-refractivity contribution in [2.45, 2.75) is 59.0 Å². The van der Waals surface area contributed by atoms with Crippen LogP contribution in [0.5, 0.6) is 0 Å². The molecule has 1 amide bonds. The Balaban J connectivity index is 3.41. The highest BCUT2D eigenvalue weighted by Crippen LogP contribution is 2.33. The zero-order chi connectivity index (χ0) is 27.1. The van der Waals surface area contributed by atoms with Crippen LogP contribution in [0.1, 0.15) is 20.8 Å². The van der Waals surface area contributed by atoms with Crippen molar-refractivity contribution in [2.24, 2.45) is 0 Å². The molecule has 1 heterocycles. The topological polar surface area (TPSA) is 160 Å². The largest absolute Gasteiger partial charge is 0.463 e. The van der Waals surface area contributed by atoms with Gasteiger partial charge in [-0.2, -0.15) is 0 Å². The van der Waals surface area contributed by atoms with Gasteiger partial charge in [-0.15, -0.1) is 0 Å². The van der Waals surface area contributed by atoms with Gasteiger partial charge in [-0.3, -0.25) is 19.8 Å². The number of carbonyl (C=O) groups is 4. The zero-order valence-electron chi connectivity index (χ0n) is 18.2. The Hall–Kier alpha value is -1.15. The minimum absolute atomic E-state index is 0.517. The maximum absolute atomic E-state index is 12.4. The van der Waals surface area contributed by atoms with Crippen LogP contribution >= 0.6 is 69.6 Å². The first-order valence-corrected chi connectivity index (χ1v) is 11.6. The van der Waals surface area contributed by atoms with Gasteiger partial charge in [-0.05, 0) is 0 Å². The lowest BCUT2D eigenvalue weighted by Gasteiger charge is -2.44. The number of rotatable bonds is 7. The Labute approximate surface area is 229 Å². The van der Waals surface area contributed by atoms with Gasteiger partial charge in [0.2, 0.25) is 16.0 Å². The number of alkyl halides is 6. The lowest BCUT2D eigenvalue weighted by atomic mass is 9.96. The SMILES string of the molecule is CC(=O)OC[C@H]1O[C@H](OC(=N)C(Cl)(Cl)Cl)[C@H](NC(=O)OCC(Cl)(Cl)Cl)[C@@H](OC(C)=O)[C@@H]1OC(C)=O. The quantitative estimate of drug-likeness (QED) is 0.142. The van der Waals surface area contributed by atoms with E-state index >= 15 is 0 Å². The molecule has 1 rings (SSSR count). The normalized spacial score (nSPS) is 24.5. The molecule has 0 aromatic heterocycles. The second kappa shape index (κ2) is 13.4. The van der Waals surface area contributed by atoms with Gasteiger partial charge in [0.25, 0.3) is 3.79 Å². The molecule has 18 heteroatoms. The number of alkyl carbamates (subject to hydrolysis) is 1. The van der Waals surface area contributed by atoms with Gasteiger partial charge < -0.3 is 33.7 Å². The third-order valence-corrected chi connectivity index (χ3v) is 4.69. The summed E-state index contributed by atoms with van der Waals surface area (Å²) in [6, 6.07) is -1.55. The molecule has 0 saturated carbocycles. The Morgan fingerprint density at radius 2 is 1.40 bits per heavy atom. The van der Waals surface area contributed by atoms with E-state index in [0.29, 0.717) is 0 Å². The minimum Gasteiger partial charge on any atom is -0.463 e. The Morgan fingerprint density at radius 3 is 1.86 bits per heavy atom. The van der Waals surface area contributed by atoms with Crippen molar-refractivity contribution in [3.05, 3.63) is 0 Å². The van der Waals surface area contributed by atoms with Crippen molar-refractivity contribution in [1.29, 1.82) is 5.41 Å². The van der Waals surface area contributed by atoms with Crippen molar-refractivity contribution in [3.63, 3.8) is 0 Å². The summed E-state index contributed by atoms with van der Waals surface area (Å²) >= 11 is 33.7. The van der Waals surface area contributed by atoms with Gasteiger partial charge >= 0.3 is 24.0 Å². The van der Waals surface area contributed by atoms with Crippen LogP contribution in [0.3, 0.4) is 0 Å². The first kappa shape index (κ1) is 31.9. The summed E-state index contributed by atoms with van der Waals surface area (Å²) in [4.78, 5) is 47.3. The highest BCUT2D eigenvalue weighted by Gasteiger charge is 2.53. The molecule has 0 unspecified atom stereocenters. The summed E-state index contributed by atoms with van der Waals surface area (Å²) in [5, 5.41) is 10.1. The first-order valence-electron chi connectivity index (χ1n) is 9.36. The number of ether oxygens (including phenoxy) is 6. The van der Waals surface area contributed by atoms with E-state index in [1.54, 1.807) is 0 Å². The average molecular weight is 625 g/mol. The van der Waals surface area contributed by atoms with Crippen LogP contribution in [0.2, 0.25) is 0 Å². The van der Waals surface area contributed by atoms with Crippen LogP contribution in [-0.4, -0.2) is 81.3 Å². The molecule has 1 aliphatic heterocycles. The van der Waals surface area contributed by atoms with Crippen LogP contribution in [0.25, 0.3) is 0 Å². The van der Waals surface area contributed by atoms with E-state index in [1.807, 2.05) is 0 Å². The van der Waals surface area contributed by atoms with Crippen LogP contribution < -0.4 is 5.32 Å². The Bertz CT molecular complexity index is 818. The van der Waals surface area contributed by atoms with Crippen molar-refractivity contribution >= 4 is 99.5 Å². The monoisotopic (exact) mass is 622 g/mol. The van der Waals surface area contributed by atoms with Crippen LogP contribution in [0.15, 0.2) is 0 Å².